The smallest absolute Gasteiger partial charge is 0.407 e. The molecule has 0 aromatic heterocycles. The summed E-state index contributed by atoms with van der Waals surface area (Å²) in [5.41, 5.74) is 0.729. The molecule has 1 aromatic carbocycles. The van der Waals surface area contributed by atoms with Gasteiger partial charge in [-0.25, -0.2) is 4.79 Å². The van der Waals surface area contributed by atoms with E-state index < -0.39 is 0 Å². The minimum Gasteiger partial charge on any atom is -1.00 e. The van der Waals surface area contributed by atoms with Crippen LogP contribution in [-0.4, -0.2) is 43.3 Å². The lowest BCUT2D eigenvalue weighted by Gasteiger charge is -2.33. The fourth-order valence-electron chi connectivity index (χ4n) is 1.84. The molecule has 0 spiro atoms. The van der Waals surface area contributed by atoms with Gasteiger partial charge in [-0.3, -0.25) is 0 Å². The molecule has 4 nitrogen and oxygen atoms in total. The van der Waals surface area contributed by atoms with Crippen molar-refractivity contribution < 1.29 is 38.0 Å². The first kappa shape index (κ1) is 21.2. The van der Waals surface area contributed by atoms with Gasteiger partial charge in [0, 0.05) is 12.0 Å². The molecule has 0 aliphatic rings. The molecule has 0 saturated heterocycles. The summed E-state index contributed by atoms with van der Waals surface area (Å²) in [6, 6.07) is 9.70. The van der Waals surface area contributed by atoms with Gasteiger partial charge in [0.2, 0.25) is 0 Å². The first-order chi connectivity index (χ1) is 9.74. The maximum absolute atomic E-state index is 11.9. The Morgan fingerprint density at radius 3 is 2.36 bits per heavy atom. The Bertz CT molecular complexity index is 447. The van der Waals surface area contributed by atoms with Gasteiger partial charge in [-0.1, -0.05) is 30.3 Å². The largest absolute Gasteiger partial charge is 1.00 e. The van der Waals surface area contributed by atoms with Crippen molar-refractivity contribution in [2.45, 2.75) is 39.3 Å². The van der Waals surface area contributed by atoms with Crippen molar-refractivity contribution in [3.63, 3.8) is 0 Å². The Morgan fingerprint density at radius 1 is 1.23 bits per heavy atom. The Labute approximate surface area is 151 Å². The van der Waals surface area contributed by atoms with Crippen molar-refractivity contribution >= 4 is 6.09 Å². The third-order valence-electron chi connectivity index (χ3n) is 3.85. The molecule has 1 aromatic rings. The van der Waals surface area contributed by atoms with Crippen LogP contribution in [0.15, 0.2) is 30.3 Å². The SMILES string of the molecule is CC[N+](C)(C)CCC(C)(C)NC(=O)OCc1ccccc1.[I-]. The average Bonchev–Trinajstić information content (AvgIpc) is 2.44. The first-order valence-electron chi connectivity index (χ1n) is 7.55. The summed E-state index contributed by atoms with van der Waals surface area (Å²) in [6.45, 7) is 8.64. The van der Waals surface area contributed by atoms with E-state index in [2.05, 4.69) is 26.3 Å². The summed E-state index contributed by atoms with van der Waals surface area (Å²) in [5.74, 6) is 0. The maximum Gasteiger partial charge on any atom is 0.407 e. The zero-order valence-corrected chi connectivity index (χ0v) is 16.5. The minimum absolute atomic E-state index is 0. The zero-order valence-electron chi connectivity index (χ0n) is 14.4. The van der Waals surface area contributed by atoms with Crippen LogP contribution in [0, 0.1) is 0 Å². The van der Waals surface area contributed by atoms with Gasteiger partial charge in [-0.2, -0.15) is 0 Å². The molecule has 1 N–H and O–H groups in total. The molecule has 0 unspecified atom stereocenters. The summed E-state index contributed by atoms with van der Waals surface area (Å²) in [5, 5.41) is 2.95. The van der Waals surface area contributed by atoms with Crippen LogP contribution < -0.4 is 29.3 Å². The summed E-state index contributed by atoms with van der Waals surface area (Å²) < 4.78 is 6.22. The lowest BCUT2D eigenvalue weighted by atomic mass is 10.0. The van der Waals surface area contributed by atoms with Crippen LogP contribution in [0.2, 0.25) is 0 Å². The molecule has 0 fully saturated rings. The number of hydrogen-bond donors (Lipinski definition) is 1. The normalized spacial score (nSPS) is 11.5. The highest BCUT2D eigenvalue weighted by molar-refractivity contribution is 5.68. The Hall–Kier alpha value is -0.820. The van der Waals surface area contributed by atoms with Gasteiger partial charge in [-0.15, -0.1) is 0 Å². The number of carbonyl (C=O) groups excluding carboxylic acids is 1. The van der Waals surface area contributed by atoms with Crippen LogP contribution in [0.4, 0.5) is 4.79 Å². The quantitative estimate of drug-likeness (QED) is 0.505. The van der Waals surface area contributed by atoms with Crippen LogP contribution in [0.3, 0.4) is 0 Å². The second kappa shape index (κ2) is 9.35. The standard InChI is InChI=1S/C17H28N2O2.HI/c1-6-19(4,5)13-12-17(2,3)18-16(20)21-14-15-10-8-7-9-11-15;/h7-11H,6,12-14H2,1-5H3;1H. The van der Waals surface area contributed by atoms with Crippen molar-refractivity contribution in [2.24, 2.45) is 0 Å². The Balaban J connectivity index is 0.00000441. The number of ether oxygens (including phenoxy) is 1. The molecule has 0 bridgehead atoms. The van der Waals surface area contributed by atoms with Gasteiger partial charge in [0.05, 0.1) is 27.2 Å². The van der Waals surface area contributed by atoms with E-state index in [4.69, 9.17) is 4.74 Å². The van der Waals surface area contributed by atoms with E-state index in [1.165, 1.54) is 0 Å². The number of nitrogens with zero attached hydrogens (tertiary/aromatic N) is 1. The van der Waals surface area contributed by atoms with E-state index in [1.54, 1.807) is 0 Å². The highest BCUT2D eigenvalue weighted by Gasteiger charge is 2.25. The molecule has 126 valence electrons. The van der Waals surface area contributed by atoms with Crippen LogP contribution in [0.1, 0.15) is 32.8 Å². The number of benzene rings is 1. The molecule has 0 aliphatic heterocycles. The number of rotatable bonds is 7. The highest BCUT2D eigenvalue weighted by Crippen LogP contribution is 2.12. The number of hydrogen-bond acceptors (Lipinski definition) is 2. The van der Waals surface area contributed by atoms with Gasteiger partial charge in [-0.05, 0) is 26.3 Å². The van der Waals surface area contributed by atoms with Gasteiger partial charge >= 0.3 is 6.09 Å². The second-order valence-corrected chi connectivity index (χ2v) is 6.80. The zero-order chi connectivity index (χ0) is 15.9. The summed E-state index contributed by atoms with van der Waals surface area (Å²) in [4.78, 5) is 11.9. The van der Waals surface area contributed by atoms with Crippen molar-refractivity contribution in [2.75, 3.05) is 27.2 Å². The van der Waals surface area contributed by atoms with E-state index in [9.17, 15) is 4.79 Å². The molecule has 22 heavy (non-hydrogen) atoms. The summed E-state index contributed by atoms with van der Waals surface area (Å²) in [6.07, 6.45) is 0.555. The summed E-state index contributed by atoms with van der Waals surface area (Å²) >= 11 is 0. The van der Waals surface area contributed by atoms with Gasteiger partial charge in [0.25, 0.3) is 0 Å². The van der Waals surface area contributed by atoms with Crippen molar-refractivity contribution in [1.29, 1.82) is 0 Å². The first-order valence-corrected chi connectivity index (χ1v) is 7.55. The molecule has 1 amide bonds. The molecule has 0 radical (unpaired) electrons. The topological polar surface area (TPSA) is 38.3 Å². The van der Waals surface area contributed by atoms with E-state index in [-0.39, 0.29) is 35.6 Å². The monoisotopic (exact) mass is 420 g/mol. The number of alkyl carbamates (subject to hydrolysis) is 1. The number of quaternary nitrogens is 1. The van der Waals surface area contributed by atoms with E-state index in [0.717, 1.165) is 29.6 Å². The van der Waals surface area contributed by atoms with Crippen LogP contribution >= 0.6 is 0 Å². The van der Waals surface area contributed by atoms with Crippen molar-refractivity contribution in [3.05, 3.63) is 35.9 Å². The van der Waals surface area contributed by atoms with Crippen LogP contribution in [0.5, 0.6) is 0 Å². The molecule has 0 heterocycles. The number of carbonyl (C=O) groups is 1. The van der Waals surface area contributed by atoms with E-state index in [0.29, 0.717) is 6.61 Å². The Morgan fingerprint density at radius 2 is 1.82 bits per heavy atom. The van der Waals surface area contributed by atoms with Gasteiger partial charge in [0.15, 0.2) is 0 Å². The third kappa shape index (κ3) is 8.58. The summed E-state index contributed by atoms with van der Waals surface area (Å²) in [7, 11) is 4.40. The predicted octanol–water partition coefficient (Wildman–Crippen LogP) is 0.182. The number of amides is 1. The lowest BCUT2D eigenvalue weighted by molar-refractivity contribution is -0.889. The molecular weight excluding hydrogens is 391 g/mol. The minimum atomic E-state index is -0.356. The van der Waals surface area contributed by atoms with E-state index >= 15 is 0 Å². The molecule has 1 rings (SSSR count). The van der Waals surface area contributed by atoms with Gasteiger partial charge in [0.1, 0.15) is 6.61 Å². The van der Waals surface area contributed by atoms with Crippen molar-refractivity contribution in [3.8, 4) is 0 Å². The van der Waals surface area contributed by atoms with E-state index in [1.807, 2.05) is 44.2 Å². The van der Waals surface area contributed by atoms with Crippen LogP contribution in [-0.2, 0) is 11.3 Å². The predicted molar refractivity (Wildman–Crippen MR) is 86.0 cm³/mol. The Kier molecular flexibility index (Phi) is 9.00. The lowest BCUT2D eigenvalue weighted by Crippen LogP contribution is -3.00. The molecular formula is C17H29IN2O2. The molecule has 5 heteroatoms. The molecule has 0 atom stereocenters. The molecule has 0 saturated carbocycles. The average molecular weight is 420 g/mol. The maximum atomic E-state index is 11.9. The molecule has 0 aliphatic carbocycles. The fourth-order valence-corrected chi connectivity index (χ4v) is 1.84. The number of nitrogens with one attached hydrogen (secondary N) is 1. The second-order valence-electron chi connectivity index (χ2n) is 6.80. The third-order valence-corrected chi connectivity index (χ3v) is 3.85. The fraction of sp³-hybridized carbons (Fsp3) is 0.588. The highest BCUT2D eigenvalue weighted by atomic mass is 127. The van der Waals surface area contributed by atoms with Crippen LogP contribution in [0.25, 0.3) is 0 Å². The number of halogens is 1. The van der Waals surface area contributed by atoms with Gasteiger partial charge < -0.3 is 38.5 Å². The van der Waals surface area contributed by atoms with Crippen molar-refractivity contribution in [1.82, 2.24) is 5.32 Å².